The molecule has 1 aliphatic heterocycles. The van der Waals surface area contributed by atoms with Crippen LogP contribution in [-0.2, 0) is 14.8 Å². The minimum Gasteiger partial charge on any atom is -0.489 e. The van der Waals surface area contributed by atoms with E-state index in [-0.39, 0.29) is 11.8 Å². The number of ether oxygens (including phenoxy) is 1. The van der Waals surface area contributed by atoms with Crippen molar-refractivity contribution < 1.29 is 22.3 Å². The number of hydrazone groups is 1. The Bertz CT molecular complexity index is 976. The Labute approximate surface area is 173 Å². The van der Waals surface area contributed by atoms with E-state index in [1.54, 1.807) is 12.1 Å². The fourth-order valence-corrected chi connectivity index (χ4v) is 3.88. The summed E-state index contributed by atoms with van der Waals surface area (Å²) in [6.45, 7) is -0.478. The molecule has 1 amide bonds. The normalized spacial score (nSPS) is 14.4. The van der Waals surface area contributed by atoms with Gasteiger partial charge in [0.25, 0.3) is 5.91 Å². The van der Waals surface area contributed by atoms with E-state index in [1.165, 1.54) is 18.3 Å². The number of carbonyl (C=O) groups is 1. The number of sulfonamides is 1. The molecule has 10 heteroatoms. The molecule has 0 bridgehead atoms. The molecule has 3 rings (SSSR count). The molecule has 0 aliphatic carbocycles. The number of halogens is 1. The zero-order chi connectivity index (χ0) is 20.9. The molecule has 7 nitrogen and oxygen atoms in total. The zero-order valence-corrected chi connectivity index (χ0v) is 17.2. The highest BCUT2D eigenvalue weighted by atomic mass is 32.2. The fourth-order valence-electron chi connectivity index (χ4n) is 2.46. The second-order valence-electron chi connectivity index (χ2n) is 6.39. The van der Waals surface area contributed by atoms with Gasteiger partial charge in [-0.15, -0.1) is 0 Å². The lowest BCUT2D eigenvalue weighted by molar-refractivity contribution is -0.119. The van der Waals surface area contributed by atoms with Crippen molar-refractivity contribution in [1.82, 2.24) is 5.43 Å². The summed E-state index contributed by atoms with van der Waals surface area (Å²) in [6, 6.07) is 12.1. The SMILES string of the molecule is CS(=O)(=O)N(CC(=O)N/N=C\c1ccc(OC2CSC2)cc1)c1ccc(F)cc1. The highest BCUT2D eigenvalue weighted by Gasteiger charge is 2.21. The van der Waals surface area contributed by atoms with Gasteiger partial charge < -0.3 is 4.74 Å². The molecule has 1 aliphatic rings. The first-order valence-corrected chi connectivity index (χ1v) is 11.7. The van der Waals surface area contributed by atoms with Crippen LogP contribution in [0.5, 0.6) is 5.75 Å². The third kappa shape index (κ3) is 6.20. The number of hydrogen-bond donors (Lipinski definition) is 1. The van der Waals surface area contributed by atoms with Crippen molar-refractivity contribution in [1.29, 1.82) is 0 Å². The summed E-state index contributed by atoms with van der Waals surface area (Å²) in [5.74, 6) is 1.65. The predicted molar refractivity (Wildman–Crippen MR) is 113 cm³/mol. The maximum atomic E-state index is 13.1. The van der Waals surface area contributed by atoms with Gasteiger partial charge in [-0.1, -0.05) is 0 Å². The smallest absolute Gasteiger partial charge is 0.260 e. The number of carbonyl (C=O) groups excluding carboxylic acids is 1. The molecule has 2 aromatic rings. The minimum atomic E-state index is -3.73. The summed E-state index contributed by atoms with van der Waals surface area (Å²) >= 11 is 1.84. The van der Waals surface area contributed by atoms with Crippen LogP contribution in [0.2, 0.25) is 0 Å². The number of anilines is 1. The van der Waals surface area contributed by atoms with Crippen LogP contribution in [0.1, 0.15) is 5.56 Å². The molecular formula is C19H20FN3O4S2. The average Bonchev–Trinajstić information content (AvgIpc) is 2.64. The standard InChI is InChI=1S/C19H20FN3O4S2/c1-29(25,26)23(16-6-4-15(20)5-7-16)11-19(24)22-21-10-14-2-8-17(9-3-14)27-18-12-28-13-18/h2-10,18H,11-13H2,1H3,(H,22,24)/b21-10-. The summed E-state index contributed by atoms with van der Waals surface area (Å²) < 4.78 is 43.7. The predicted octanol–water partition coefficient (Wildman–Crippen LogP) is 2.24. The largest absolute Gasteiger partial charge is 0.489 e. The average molecular weight is 438 g/mol. The molecule has 154 valence electrons. The molecule has 0 atom stereocenters. The first-order chi connectivity index (χ1) is 13.8. The van der Waals surface area contributed by atoms with E-state index < -0.39 is 28.3 Å². The van der Waals surface area contributed by atoms with Crippen LogP contribution in [0.25, 0.3) is 0 Å². The van der Waals surface area contributed by atoms with Crippen molar-refractivity contribution in [3.05, 3.63) is 59.9 Å². The van der Waals surface area contributed by atoms with Gasteiger partial charge in [0.15, 0.2) is 0 Å². The summed E-state index contributed by atoms with van der Waals surface area (Å²) in [6.07, 6.45) is 2.68. The molecule has 29 heavy (non-hydrogen) atoms. The van der Waals surface area contributed by atoms with Gasteiger partial charge in [0.1, 0.15) is 24.2 Å². The number of thioether (sulfide) groups is 1. The van der Waals surface area contributed by atoms with Crippen molar-refractivity contribution in [2.75, 3.05) is 28.6 Å². The first kappa shape index (κ1) is 21.1. The van der Waals surface area contributed by atoms with E-state index in [1.807, 2.05) is 23.9 Å². The second-order valence-corrected chi connectivity index (χ2v) is 9.37. The third-order valence-electron chi connectivity index (χ3n) is 4.00. The highest BCUT2D eigenvalue weighted by Crippen LogP contribution is 2.23. The van der Waals surface area contributed by atoms with Gasteiger partial charge in [-0.05, 0) is 54.1 Å². The lowest BCUT2D eigenvalue weighted by Gasteiger charge is -2.25. The van der Waals surface area contributed by atoms with E-state index in [0.717, 1.165) is 45.5 Å². The summed E-state index contributed by atoms with van der Waals surface area (Å²) in [4.78, 5) is 12.1. The second kappa shape index (κ2) is 9.27. The van der Waals surface area contributed by atoms with Gasteiger partial charge in [0.2, 0.25) is 10.0 Å². The van der Waals surface area contributed by atoms with E-state index >= 15 is 0 Å². The third-order valence-corrected chi connectivity index (χ3v) is 6.35. The Balaban J connectivity index is 1.56. The highest BCUT2D eigenvalue weighted by molar-refractivity contribution is 8.00. The number of nitrogens with zero attached hydrogens (tertiary/aromatic N) is 2. The first-order valence-electron chi connectivity index (χ1n) is 8.71. The van der Waals surface area contributed by atoms with Gasteiger partial charge in [0.05, 0.1) is 18.2 Å². The molecule has 1 N–H and O–H groups in total. The topological polar surface area (TPSA) is 88.1 Å². The Morgan fingerprint density at radius 2 is 1.90 bits per heavy atom. The van der Waals surface area contributed by atoms with Crippen LogP contribution in [0.4, 0.5) is 10.1 Å². The van der Waals surface area contributed by atoms with Gasteiger partial charge in [-0.2, -0.15) is 16.9 Å². The lowest BCUT2D eigenvalue weighted by Crippen LogP contribution is -2.39. The molecule has 1 saturated heterocycles. The van der Waals surface area contributed by atoms with E-state index in [0.29, 0.717) is 0 Å². The van der Waals surface area contributed by atoms with Crippen molar-refractivity contribution in [2.45, 2.75) is 6.10 Å². The number of benzene rings is 2. The molecular weight excluding hydrogens is 417 g/mol. The van der Waals surface area contributed by atoms with E-state index in [2.05, 4.69) is 10.5 Å². The van der Waals surface area contributed by atoms with Crippen LogP contribution in [0.15, 0.2) is 53.6 Å². The summed E-state index contributed by atoms with van der Waals surface area (Å²) in [5.41, 5.74) is 3.23. The monoisotopic (exact) mass is 437 g/mol. The van der Waals surface area contributed by atoms with Gasteiger partial charge in [-0.25, -0.2) is 18.2 Å². The quantitative estimate of drug-likeness (QED) is 0.506. The van der Waals surface area contributed by atoms with Crippen LogP contribution >= 0.6 is 11.8 Å². The molecule has 0 aromatic heterocycles. The number of nitrogens with one attached hydrogen (secondary N) is 1. The van der Waals surface area contributed by atoms with E-state index in [4.69, 9.17) is 4.74 Å². The zero-order valence-electron chi connectivity index (χ0n) is 15.6. The molecule has 0 radical (unpaired) electrons. The van der Waals surface area contributed by atoms with Crippen LogP contribution in [0, 0.1) is 5.82 Å². The van der Waals surface area contributed by atoms with Crippen molar-refractivity contribution in [3.8, 4) is 5.75 Å². The minimum absolute atomic E-state index is 0.188. The Hall–Kier alpha value is -2.59. The maximum absolute atomic E-state index is 13.1. The molecule has 2 aromatic carbocycles. The molecule has 1 fully saturated rings. The van der Waals surface area contributed by atoms with Crippen molar-refractivity contribution in [2.24, 2.45) is 5.10 Å². The molecule has 0 saturated carbocycles. The number of rotatable bonds is 8. The van der Waals surface area contributed by atoms with E-state index in [9.17, 15) is 17.6 Å². The Morgan fingerprint density at radius 3 is 2.45 bits per heavy atom. The van der Waals surface area contributed by atoms with Crippen molar-refractivity contribution in [3.63, 3.8) is 0 Å². The lowest BCUT2D eigenvalue weighted by atomic mass is 10.2. The number of hydrogen-bond acceptors (Lipinski definition) is 6. The molecule has 0 unspecified atom stereocenters. The van der Waals surface area contributed by atoms with Gasteiger partial charge >= 0.3 is 0 Å². The van der Waals surface area contributed by atoms with Crippen molar-refractivity contribution >= 4 is 39.6 Å². The fraction of sp³-hybridized carbons (Fsp3) is 0.263. The number of amides is 1. The van der Waals surface area contributed by atoms with Crippen LogP contribution < -0.4 is 14.5 Å². The summed E-state index contributed by atoms with van der Waals surface area (Å²) in [7, 11) is -3.73. The molecule has 0 spiro atoms. The maximum Gasteiger partial charge on any atom is 0.260 e. The summed E-state index contributed by atoms with van der Waals surface area (Å²) in [5, 5.41) is 3.85. The van der Waals surface area contributed by atoms with Crippen LogP contribution in [-0.4, -0.2) is 50.9 Å². The van der Waals surface area contributed by atoms with Crippen LogP contribution in [0.3, 0.4) is 0 Å². The Kier molecular flexibility index (Phi) is 6.75. The Morgan fingerprint density at radius 1 is 1.24 bits per heavy atom. The molecule has 1 heterocycles. The van der Waals surface area contributed by atoms with Gasteiger partial charge in [0, 0.05) is 11.5 Å². The van der Waals surface area contributed by atoms with Gasteiger partial charge in [-0.3, -0.25) is 9.10 Å².